The minimum absolute atomic E-state index is 0.131. The van der Waals surface area contributed by atoms with Crippen molar-refractivity contribution in [2.75, 3.05) is 12.9 Å². The van der Waals surface area contributed by atoms with Crippen molar-refractivity contribution >= 4 is 17.7 Å². The number of thioether (sulfide) groups is 1. The molecular formula is C25H28N6O2S. The Morgan fingerprint density at radius 1 is 1.15 bits per heavy atom. The quantitative estimate of drug-likeness (QED) is 0.388. The van der Waals surface area contributed by atoms with Gasteiger partial charge in [-0.15, -0.1) is 10.2 Å². The number of carbonyl (C=O) groups excluding carboxylic acids is 1. The van der Waals surface area contributed by atoms with Crippen LogP contribution in [0.5, 0.6) is 5.75 Å². The summed E-state index contributed by atoms with van der Waals surface area (Å²) in [5, 5.41) is 12.4. The normalized spacial score (nSPS) is 11.9. The molecule has 9 heteroatoms. The van der Waals surface area contributed by atoms with Crippen molar-refractivity contribution < 1.29 is 9.53 Å². The summed E-state index contributed by atoms with van der Waals surface area (Å²) in [7, 11) is 3.53. The molecule has 0 radical (unpaired) electrons. The van der Waals surface area contributed by atoms with Gasteiger partial charge < -0.3 is 14.6 Å². The summed E-state index contributed by atoms with van der Waals surface area (Å²) in [6, 6.07) is 13.5. The molecule has 2 aromatic carbocycles. The van der Waals surface area contributed by atoms with Gasteiger partial charge in [-0.25, -0.2) is 4.98 Å². The summed E-state index contributed by atoms with van der Waals surface area (Å²) in [5.41, 5.74) is 4.18. The van der Waals surface area contributed by atoms with Gasteiger partial charge in [-0.05, 0) is 55.7 Å². The summed E-state index contributed by atoms with van der Waals surface area (Å²) in [6.45, 7) is 6.03. The molecule has 1 unspecified atom stereocenters. The molecule has 2 aromatic heterocycles. The van der Waals surface area contributed by atoms with Gasteiger partial charge in [-0.1, -0.05) is 36.0 Å². The van der Waals surface area contributed by atoms with E-state index in [0.29, 0.717) is 5.16 Å². The maximum absolute atomic E-state index is 13.1. The van der Waals surface area contributed by atoms with E-state index in [9.17, 15) is 4.79 Å². The lowest BCUT2D eigenvalue weighted by Crippen LogP contribution is -2.32. The molecule has 2 heterocycles. The molecule has 0 aliphatic heterocycles. The number of nitrogens with one attached hydrogen (secondary N) is 1. The molecule has 1 N–H and O–H groups in total. The first-order valence-corrected chi connectivity index (χ1v) is 11.9. The number of carbonyl (C=O) groups is 1. The first kappa shape index (κ1) is 23.6. The molecule has 4 rings (SSSR count). The predicted molar refractivity (Wildman–Crippen MR) is 132 cm³/mol. The summed E-state index contributed by atoms with van der Waals surface area (Å²) in [4.78, 5) is 17.5. The summed E-state index contributed by atoms with van der Waals surface area (Å²) in [6.07, 6.45) is 3.58. The molecule has 0 aliphatic rings. The molecule has 4 aromatic rings. The molecular weight excluding hydrogens is 448 g/mol. The standard InChI is InChI=1S/C25H28N6O2S/c1-16-9-10-17(2)21(13-16)31-18(3)28-29-25(31)34-15-22(32)27-23(24-26-11-12-30(24)4)19-7-6-8-20(14-19)33-5/h6-14,23H,15H2,1-5H3,(H,27,32). The van der Waals surface area contributed by atoms with Gasteiger partial charge in [0.25, 0.3) is 0 Å². The lowest BCUT2D eigenvalue weighted by atomic mass is 10.1. The highest BCUT2D eigenvalue weighted by Crippen LogP contribution is 2.27. The third-order valence-electron chi connectivity index (χ3n) is 5.58. The number of hydrogen-bond acceptors (Lipinski definition) is 6. The van der Waals surface area contributed by atoms with Crippen LogP contribution < -0.4 is 10.1 Å². The van der Waals surface area contributed by atoms with Gasteiger partial charge in [-0.3, -0.25) is 9.36 Å². The number of nitrogens with zero attached hydrogens (tertiary/aromatic N) is 5. The third-order valence-corrected chi connectivity index (χ3v) is 6.51. The van der Waals surface area contributed by atoms with Crippen LogP contribution in [0.2, 0.25) is 0 Å². The number of methoxy groups -OCH3 is 1. The van der Waals surface area contributed by atoms with Gasteiger partial charge in [0, 0.05) is 19.4 Å². The third kappa shape index (κ3) is 4.99. The Morgan fingerprint density at radius 3 is 2.71 bits per heavy atom. The maximum atomic E-state index is 13.1. The number of benzene rings is 2. The molecule has 0 saturated carbocycles. The topological polar surface area (TPSA) is 86.9 Å². The SMILES string of the molecule is COc1cccc(C(NC(=O)CSc2nnc(C)n2-c2cc(C)ccc2C)c2nccn2C)c1. The Balaban J connectivity index is 1.55. The van der Waals surface area contributed by atoms with E-state index in [-0.39, 0.29) is 11.7 Å². The molecule has 176 valence electrons. The molecule has 1 atom stereocenters. The zero-order valence-electron chi connectivity index (χ0n) is 19.9. The first-order chi connectivity index (χ1) is 16.4. The highest BCUT2D eigenvalue weighted by Gasteiger charge is 2.22. The average Bonchev–Trinajstić information content (AvgIpc) is 3.42. The second-order valence-corrected chi connectivity index (χ2v) is 9.06. The number of imidazole rings is 1. The number of ether oxygens (including phenoxy) is 1. The van der Waals surface area contributed by atoms with E-state index in [2.05, 4.69) is 52.5 Å². The van der Waals surface area contributed by atoms with Crippen LogP contribution in [0.1, 0.15) is 34.4 Å². The van der Waals surface area contributed by atoms with E-state index >= 15 is 0 Å². The maximum Gasteiger partial charge on any atom is 0.231 e. The van der Waals surface area contributed by atoms with E-state index < -0.39 is 6.04 Å². The monoisotopic (exact) mass is 476 g/mol. The van der Waals surface area contributed by atoms with Crippen LogP contribution in [0.15, 0.2) is 60.0 Å². The van der Waals surface area contributed by atoms with Gasteiger partial charge in [0.2, 0.25) is 5.91 Å². The van der Waals surface area contributed by atoms with Crippen molar-refractivity contribution in [2.24, 2.45) is 7.05 Å². The second-order valence-electron chi connectivity index (χ2n) is 8.12. The lowest BCUT2D eigenvalue weighted by Gasteiger charge is -2.20. The van der Waals surface area contributed by atoms with Crippen molar-refractivity contribution in [1.82, 2.24) is 29.6 Å². The fourth-order valence-corrected chi connectivity index (χ4v) is 4.58. The van der Waals surface area contributed by atoms with Gasteiger partial charge in [-0.2, -0.15) is 0 Å². The molecule has 0 saturated heterocycles. The van der Waals surface area contributed by atoms with Crippen LogP contribution >= 0.6 is 11.8 Å². The Labute approximate surface area is 203 Å². The molecule has 0 spiro atoms. The fraction of sp³-hybridized carbons (Fsp3) is 0.280. The van der Waals surface area contributed by atoms with Crippen LogP contribution in [0.25, 0.3) is 5.69 Å². The van der Waals surface area contributed by atoms with Gasteiger partial charge in [0.15, 0.2) is 5.16 Å². The molecule has 0 bridgehead atoms. The number of aryl methyl sites for hydroxylation is 4. The van der Waals surface area contributed by atoms with Gasteiger partial charge in [0.05, 0.1) is 18.6 Å². The number of hydrogen-bond donors (Lipinski definition) is 1. The molecule has 1 amide bonds. The van der Waals surface area contributed by atoms with Gasteiger partial charge in [0.1, 0.15) is 23.4 Å². The van der Waals surface area contributed by atoms with Crippen LogP contribution in [0, 0.1) is 20.8 Å². The van der Waals surface area contributed by atoms with Gasteiger partial charge >= 0.3 is 0 Å². The van der Waals surface area contributed by atoms with E-state index in [0.717, 1.165) is 39.8 Å². The lowest BCUT2D eigenvalue weighted by molar-refractivity contribution is -0.119. The Morgan fingerprint density at radius 2 is 1.97 bits per heavy atom. The highest BCUT2D eigenvalue weighted by molar-refractivity contribution is 7.99. The Kier molecular flexibility index (Phi) is 7.02. The fourth-order valence-electron chi connectivity index (χ4n) is 3.78. The summed E-state index contributed by atoms with van der Waals surface area (Å²) in [5.74, 6) is 2.29. The minimum Gasteiger partial charge on any atom is -0.497 e. The summed E-state index contributed by atoms with van der Waals surface area (Å²) >= 11 is 1.36. The molecule has 34 heavy (non-hydrogen) atoms. The second kappa shape index (κ2) is 10.1. The molecule has 0 fully saturated rings. The Hall–Kier alpha value is -3.59. The van der Waals surface area contributed by atoms with Crippen molar-refractivity contribution in [3.05, 3.63) is 83.2 Å². The van der Waals surface area contributed by atoms with Crippen molar-refractivity contribution in [3.8, 4) is 11.4 Å². The first-order valence-electron chi connectivity index (χ1n) is 10.9. The van der Waals surface area contributed by atoms with E-state index in [1.165, 1.54) is 11.8 Å². The number of aromatic nitrogens is 5. The van der Waals surface area contributed by atoms with Crippen molar-refractivity contribution in [2.45, 2.75) is 32.0 Å². The molecule has 0 aliphatic carbocycles. The summed E-state index contributed by atoms with van der Waals surface area (Å²) < 4.78 is 9.28. The van der Waals surface area contributed by atoms with Crippen LogP contribution in [-0.4, -0.2) is 43.1 Å². The smallest absolute Gasteiger partial charge is 0.231 e. The Bertz CT molecular complexity index is 1310. The number of amides is 1. The largest absolute Gasteiger partial charge is 0.497 e. The predicted octanol–water partition coefficient (Wildman–Crippen LogP) is 3.93. The van der Waals surface area contributed by atoms with Crippen molar-refractivity contribution in [3.63, 3.8) is 0 Å². The van der Waals surface area contributed by atoms with Crippen LogP contribution in [0.4, 0.5) is 0 Å². The minimum atomic E-state index is -0.415. The van der Waals surface area contributed by atoms with E-state index in [1.807, 2.05) is 53.6 Å². The van der Waals surface area contributed by atoms with E-state index in [1.54, 1.807) is 13.3 Å². The highest BCUT2D eigenvalue weighted by atomic mass is 32.2. The number of rotatable bonds is 8. The van der Waals surface area contributed by atoms with Crippen LogP contribution in [0.3, 0.4) is 0 Å². The molecule has 8 nitrogen and oxygen atoms in total. The zero-order chi connectivity index (χ0) is 24.2. The van der Waals surface area contributed by atoms with Crippen molar-refractivity contribution in [1.29, 1.82) is 0 Å². The van der Waals surface area contributed by atoms with E-state index in [4.69, 9.17) is 4.74 Å². The zero-order valence-corrected chi connectivity index (χ0v) is 20.8. The average molecular weight is 477 g/mol. The van der Waals surface area contributed by atoms with Crippen LogP contribution in [-0.2, 0) is 11.8 Å².